The predicted octanol–water partition coefficient (Wildman–Crippen LogP) is 1.88. The van der Waals surface area contributed by atoms with E-state index in [1.165, 1.54) is 6.04 Å². The van der Waals surface area contributed by atoms with Crippen molar-refractivity contribution in [2.75, 3.05) is 14.2 Å². The van der Waals surface area contributed by atoms with E-state index in [9.17, 15) is 0 Å². The Morgan fingerprint density at radius 1 is 1.23 bits per heavy atom. The first-order chi connectivity index (χ1) is 5.95. The molecule has 0 aromatic heterocycles. The largest absolute Gasteiger partial charge is 0.400 e. The van der Waals surface area contributed by atoms with Gasteiger partial charge in [0.2, 0.25) is 0 Å². The maximum atomic E-state index is 5.94. The Bertz CT molecular complexity index is 186. The second-order valence-corrected chi connectivity index (χ2v) is 17.9. The molecule has 1 saturated heterocycles. The van der Waals surface area contributed by atoms with Crippen LogP contribution in [0.5, 0.6) is 0 Å². The molecule has 1 aliphatic heterocycles. The lowest BCUT2D eigenvalue weighted by Gasteiger charge is -2.44. The van der Waals surface area contributed by atoms with Crippen molar-refractivity contribution in [2.24, 2.45) is 0 Å². The minimum atomic E-state index is -1.91. The first kappa shape index (κ1) is 11.4. The van der Waals surface area contributed by atoms with Gasteiger partial charge in [0.1, 0.15) is 13.9 Å². The Hall–Kier alpha value is 0.314. The summed E-state index contributed by atoms with van der Waals surface area (Å²) in [6, 6.07) is 1.25. The summed E-state index contributed by atoms with van der Waals surface area (Å²) in [5, 5.41) is 0. The minimum Gasteiger partial charge on any atom is -0.400 e. The molecule has 0 amide bonds. The van der Waals surface area contributed by atoms with Crippen LogP contribution in [0.3, 0.4) is 0 Å². The molecule has 1 heterocycles. The highest BCUT2D eigenvalue weighted by Gasteiger charge is 2.53. The average molecular weight is 220 g/mol. The number of hydrogen-bond acceptors (Lipinski definition) is 3. The quantitative estimate of drug-likeness (QED) is 0.665. The van der Waals surface area contributed by atoms with Crippen LogP contribution in [0.1, 0.15) is 6.42 Å². The molecular weight excluding hydrogens is 200 g/mol. The van der Waals surface area contributed by atoms with Gasteiger partial charge in [-0.25, -0.2) is 0 Å². The van der Waals surface area contributed by atoms with E-state index in [1.54, 1.807) is 14.2 Å². The molecule has 5 heteroatoms. The van der Waals surface area contributed by atoms with E-state index in [0.29, 0.717) is 0 Å². The third kappa shape index (κ3) is 2.04. The van der Waals surface area contributed by atoms with E-state index in [4.69, 9.17) is 13.6 Å². The fraction of sp³-hybridized carbons (Fsp3) is 1.00. The summed E-state index contributed by atoms with van der Waals surface area (Å²) in [6.07, 6.45) is 0.999. The minimum absolute atomic E-state index is 0.0304. The summed E-state index contributed by atoms with van der Waals surface area (Å²) in [5.74, 6) is 0. The Kier molecular flexibility index (Phi) is 3.35. The first-order valence-electron chi connectivity index (χ1n) is 4.71. The number of methoxy groups -OCH3 is 1. The van der Waals surface area contributed by atoms with Crippen molar-refractivity contribution in [1.82, 2.24) is 0 Å². The maximum absolute atomic E-state index is 5.94. The number of ether oxygens (including phenoxy) is 1. The molecule has 0 aliphatic carbocycles. The summed E-state index contributed by atoms with van der Waals surface area (Å²) in [6.45, 7) is 6.88. The van der Waals surface area contributed by atoms with E-state index in [0.717, 1.165) is 6.42 Å². The monoisotopic (exact) mass is 220 g/mol. The predicted molar refractivity (Wildman–Crippen MR) is 57.4 cm³/mol. The lowest BCUT2D eigenvalue weighted by atomic mass is 10.5. The van der Waals surface area contributed by atoms with E-state index < -0.39 is 15.7 Å². The van der Waals surface area contributed by atoms with Crippen LogP contribution >= 0.6 is 0 Å². The highest BCUT2D eigenvalue weighted by atomic mass is 29.3. The Balaban J connectivity index is 2.75. The smallest absolute Gasteiger partial charge is 0.314 e. The molecule has 3 nitrogen and oxygen atoms in total. The van der Waals surface area contributed by atoms with Crippen LogP contribution in [0.25, 0.3) is 0 Å². The molecule has 78 valence electrons. The van der Waals surface area contributed by atoms with Crippen LogP contribution in [0, 0.1) is 0 Å². The molecule has 1 aliphatic rings. The van der Waals surface area contributed by atoms with Crippen molar-refractivity contribution in [1.29, 1.82) is 0 Å². The molecule has 0 N–H and O–H groups in total. The van der Waals surface area contributed by atoms with E-state index in [1.807, 2.05) is 0 Å². The molecule has 2 atom stereocenters. The third-order valence-corrected chi connectivity index (χ3v) is 17.8. The fourth-order valence-corrected chi connectivity index (χ4v) is 9.57. The van der Waals surface area contributed by atoms with Crippen molar-refractivity contribution in [3.05, 3.63) is 0 Å². The lowest BCUT2D eigenvalue weighted by molar-refractivity contribution is -0.0757. The van der Waals surface area contributed by atoms with E-state index in [-0.39, 0.29) is 6.29 Å². The number of hydrogen-bond donors (Lipinski definition) is 0. The summed E-state index contributed by atoms with van der Waals surface area (Å²) in [7, 11) is 0.284. The Labute approximate surface area is 82.4 Å². The van der Waals surface area contributed by atoms with Crippen molar-refractivity contribution in [3.8, 4) is 0 Å². The van der Waals surface area contributed by atoms with Gasteiger partial charge in [-0.2, -0.15) is 0 Å². The highest BCUT2D eigenvalue weighted by Crippen LogP contribution is 2.33. The van der Waals surface area contributed by atoms with Gasteiger partial charge < -0.3 is 13.6 Å². The Morgan fingerprint density at radius 2 is 1.85 bits per heavy atom. The molecule has 0 spiro atoms. The van der Waals surface area contributed by atoms with Crippen LogP contribution in [0.15, 0.2) is 0 Å². The molecule has 0 radical (unpaired) electrons. The molecule has 0 aromatic carbocycles. The van der Waals surface area contributed by atoms with Crippen molar-refractivity contribution in [2.45, 2.75) is 38.4 Å². The van der Waals surface area contributed by atoms with Crippen LogP contribution < -0.4 is 0 Å². The van der Waals surface area contributed by atoms with Gasteiger partial charge in [0.05, 0.1) is 0 Å². The summed E-state index contributed by atoms with van der Waals surface area (Å²) < 4.78 is 16.8. The molecule has 1 fully saturated rings. The van der Waals surface area contributed by atoms with E-state index in [2.05, 4.69) is 19.6 Å². The zero-order valence-electron chi connectivity index (χ0n) is 9.22. The molecule has 0 saturated carbocycles. The average Bonchev–Trinajstić information content (AvgIpc) is 2.10. The van der Waals surface area contributed by atoms with Gasteiger partial charge in [0.15, 0.2) is 0 Å². The Morgan fingerprint density at radius 3 is 2.31 bits per heavy atom. The van der Waals surface area contributed by atoms with Gasteiger partial charge in [-0.1, -0.05) is 19.1 Å². The highest BCUT2D eigenvalue weighted by molar-refractivity contribution is 7.36. The third-order valence-electron chi connectivity index (χ3n) is 3.24. The lowest BCUT2D eigenvalue weighted by Crippen LogP contribution is -2.65. The van der Waals surface area contributed by atoms with Gasteiger partial charge in [-0.15, -0.1) is 0 Å². The van der Waals surface area contributed by atoms with Crippen molar-refractivity contribution in [3.63, 3.8) is 0 Å². The van der Waals surface area contributed by atoms with Crippen molar-refractivity contribution >= 4 is 15.7 Å². The maximum Gasteiger partial charge on any atom is 0.314 e. The van der Waals surface area contributed by atoms with Crippen LogP contribution in [-0.2, 0) is 13.6 Å². The number of rotatable bonds is 2. The molecule has 0 bridgehead atoms. The standard InChI is InChI=1S/C8H20O3Si2/c1-9-8-6-7-12(3,4)13(5,10-2)11-8/h8H,6-7H2,1-5H3. The second-order valence-electron chi connectivity index (χ2n) is 4.36. The summed E-state index contributed by atoms with van der Waals surface area (Å²) >= 11 is 0. The zero-order chi connectivity index (χ0) is 10.1. The zero-order valence-corrected chi connectivity index (χ0v) is 11.2. The van der Waals surface area contributed by atoms with Gasteiger partial charge in [-0.3, -0.25) is 0 Å². The van der Waals surface area contributed by atoms with Crippen molar-refractivity contribution < 1.29 is 13.6 Å². The SMILES string of the molecule is COC1CC[Si](C)(C)[Si](C)(OC)O1. The fourth-order valence-electron chi connectivity index (χ4n) is 1.67. The molecule has 1 rings (SSSR count). The normalized spacial score (nSPS) is 39.0. The van der Waals surface area contributed by atoms with Gasteiger partial charge in [0, 0.05) is 14.2 Å². The van der Waals surface area contributed by atoms with E-state index >= 15 is 0 Å². The van der Waals surface area contributed by atoms with Gasteiger partial charge in [-0.05, 0) is 13.0 Å². The second kappa shape index (κ2) is 3.82. The first-order valence-corrected chi connectivity index (χ1v) is 11.2. The van der Waals surface area contributed by atoms with Crippen LogP contribution in [-0.4, -0.2) is 36.2 Å². The molecule has 2 unspecified atom stereocenters. The van der Waals surface area contributed by atoms with Crippen LogP contribution in [0.2, 0.25) is 25.7 Å². The summed E-state index contributed by atoms with van der Waals surface area (Å²) in [5.41, 5.74) is 0. The molecule has 13 heavy (non-hydrogen) atoms. The van der Waals surface area contributed by atoms with Gasteiger partial charge >= 0.3 is 8.08 Å². The van der Waals surface area contributed by atoms with Gasteiger partial charge in [0.25, 0.3) is 0 Å². The summed E-state index contributed by atoms with van der Waals surface area (Å²) in [4.78, 5) is 0. The molecular formula is C8H20O3Si2. The van der Waals surface area contributed by atoms with Crippen LogP contribution in [0.4, 0.5) is 0 Å². The topological polar surface area (TPSA) is 27.7 Å². The molecule has 0 aromatic rings.